The number of carboxylic acid groups (broad SMARTS) is 1. The molecule has 15 atom stereocenters. The smallest absolute Gasteiger partial charge is 0.397 e. The number of aliphatic hydroxyl groups is 6. The van der Waals surface area contributed by atoms with Crippen LogP contribution >= 0.6 is 0 Å². The van der Waals surface area contributed by atoms with Gasteiger partial charge in [0.25, 0.3) is 5.91 Å². The highest BCUT2D eigenvalue weighted by atomic mass is 32.3. The maximum atomic E-state index is 14.1. The summed E-state index contributed by atoms with van der Waals surface area (Å²) in [5, 5.41) is 87.0. The van der Waals surface area contributed by atoms with Crippen molar-refractivity contribution in [2.75, 3.05) is 33.0 Å². The van der Waals surface area contributed by atoms with Crippen molar-refractivity contribution < 1.29 is 113 Å². The molecule has 1 aromatic rings. The minimum atomic E-state index is -5.10. The van der Waals surface area contributed by atoms with Gasteiger partial charge in [0.2, 0.25) is 5.91 Å². The molecule has 2 aliphatic carbocycles. The number of nitrogens with zero attached hydrogens (tertiary/aromatic N) is 3. The Kier molecular flexibility index (Phi) is 22.6. The molecule has 4 aliphatic rings. The van der Waals surface area contributed by atoms with Crippen LogP contribution in [-0.2, 0) is 73.8 Å². The molecule has 424 valence electrons. The number of amides is 2. The first-order valence-electron chi connectivity index (χ1n) is 24.4. The zero-order valence-corrected chi connectivity index (χ0v) is 42.8. The van der Waals surface area contributed by atoms with Crippen LogP contribution in [-0.4, -0.2) is 213 Å². The van der Waals surface area contributed by atoms with Crippen LogP contribution in [0.3, 0.4) is 0 Å². The zero-order chi connectivity index (χ0) is 54.7. The van der Waals surface area contributed by atoms with Crippen molar-refractivity contribution >= 4 is 44.4 Å². The first-order valence-corrected chi connectivity index (χ1v) is 27.2. The Balaban J connectivity index is 1.33. The normalized spacial score (nSPS) is 31.9. The number of ketones is 1. The monoisotopic (exact) mass is 1110 g/mol. The Bertz CT molecular complexity index is 2200. The van der Waals surface area contributed by atoms with E-state index < -0.39 is 168 Å². The van der Waals surface area contributed by atoms with Crippen molar-refractivity contribution in [1.82, 2.24) is 25.6 Å². The molecule has 4 fully saturated rings. The predicted octanol–water partition coefficient (Wildman–Crippen LogP) is -2.60. The van der Waals surface area contributed by atoms with E-state index in [0.29, 0.717) is 6.42 Å². The van der Waals surface area contributed by atoms with Gasteiger partial charge in [-0.3, -0.25) is 28.2 Å². The van der Waals surface area contributed by atoms with E-state index in [1.165, 1.54) is 13.8 Å². The lowest BCUT2D eigenvalue weighted by Crippen LogP contribution is -2.67. The fourth-order valence-corrected chi connectivity index (χ4v) is 10.7. The molecule has 29 nitrogen and oxygen atoms in total. The number of carboxylic acids is 1. The summed E-state index contributed by atoms with van der Waals surface area (Å²) in [6, 6.07) is -1.40. The van der Waals surface area contributed by atoms with Crippen molar-refractivity contribution in [2.45, 2.75) is 178 Å². The van der Waals surface area contributed by atoms with Gasteiger partial charge < -0.3 is 70.1 Å². The van der Waals surface area contributed by atoms with E-state index in [1.54, 1.807) is 6.92 Å². The number of aliphatic hydroxyl groups excluding tert-OH is 6. The minimum absolute atomic E-state index is 0.0188. The van der Waals surface area contributed by atoms with Crippen molar-refractivity contribution in [1.29, 1.82) is 0 Å². The maximum Gasteiger partial charge on any atom is 0.397 e. The van der Waals surface area contributed by atoms with E-state index in [2.05, 4.69) is 29.3 Å². The number of rotatable bonds is 27. The molecule has 0 radical (unpaired) electrons. The number of Topliss-reactive ketones (excluding diaryl/α,β-unsaturated/α-hetero) is 1. The van der Waals surface area contributed by atoms with Crippen LogP contribution in [0.4, 0.5) is 0 Å². The fraction of sp³-hybridized carbons (Fsp3) is 0.860. The molecule has 5 rings (SSSR count). The summed E-state index contributed by atoms with van der Waals surface area (Å²) in [6.07, 6.45) is -11.2. The quantitative estimate of drug-likeness (QED) is 0.0318. The molecular weight excluding hydrogens is 1030 g/mol. The number of aromatic nitrogens is 3. The van der Waals surface area contributed by atoms with E-state index >= 15 is 0 Å². The number of aliphatic carboxylic acids is 1. The number of nitrogens with one attached hydrogen (secondary N) is 2. The predicted molar refractivity (Wildman–Crippen MR) is 247 cm³/mol. The maximum absolute atomic E-state index is 14.1. The summed E-state index contributed by atoms with van der Waals surface area (Å²) in [6.45, 7) is -0.210. The second kappa shape index (κ2) is 27.2. The average Bonchev–Trinajstić information content (AvgIpc) is 3.82. The molecular formula is C43H71N5O24S2. The van der Waals surface area contributed by atoms with Crippen LogP contribution in [0.2, 0.25) is 0 Å². The van der Waals surface area contributed by atoms with Gasteiger partial charge in [-0.05, 0) is 44.4 Å². The summed E-state index contributed by atoms with van der Waals surface area (Å²) in [5.41, 5.74) is -2.29. The molecule has 0 spiro atoms. The topological polar surface area (TPSA) is 438 Å². The third-order valence-corrected chi connectivity index (χ3v) is 14.8. The van der Waals surface area contributed by atoms with Crippen molar-refractivity contribution in [3.8, 4) is 0 Å². The zero-order valence-electron chi connectivity index (χ0n) is 41.1. The minimum Gasteiger partial charge on any atom is -0.479 e. The fourth-order valence-electron chi connectivity index (χ4n) is 9.88. The largest absolute Gasteiger partial charge is 0.479 e. The molecule has 2 saturated carbocycles. The lowest BCUT2D eigenvalue weighted by atomic mass is 9.74. The summed E-state index contributed by atoms with van der Waals surface area (Å²) in [7, 11) is -10.2. The lowest BCUT2D eigenvalue weighted by molar-refractivity contribution is -0.338. The molecule has 2 amide bonds. The van der Waals surface area contributed by atoms with Crippen molar-refractivity contribution in [2.24, 2.45) is 23.2 Å². The van der Waals surface area contributed by atoms with Gasteiger partial charge in [0.1, 0.15) is 48.4 Å². The Hall–Kier alpha value is -3.48. The molecule has 3 heterocycles. The molecule has 74 heavy (non-hydrogen) atoms. The SMILES string of the molecule is CCC1CC(C(=O)CCCNC(=O)c2cn(CC(CO)(COS(=O)(=O)O)COS(=O)(=O)O)nn2)C[C@@H](O[C@@H]2O[C@@H](CO)[C@H](O)C(O[C@@H](CC3CCCCC3)C(=O)O)C2NC(C)=O)[C@@H]1O[C@@H]1OC(C)[C@@H](O)[C@H](O)C1O. The summed E-state index contributed by atoms with van der Waals surface area (Å²) >= 11 is 0. The lowest BCUT2D eigenvalue weighted by Gasteiger charge is -2.49. The molecule has 1 aromatic heterocycles. The molecule has 11 N–H and O–H groups in total. The highest BCUT2D eigenvalue weighted by molar-refractivity contribution is 7.81. The summed E-state index contributed by atoms with van der Waals surface area (Å²) < 4.78 is 104. The van der Waals surface area contributed by atoms with Crippen LogP contribution in [0.15, 0.2) is 6.20 Å². The van der Waals surface area contributed by atoms with Crippen LogP contribution in [0, 0.1) is 23.2 Å². The van der Waals surface area contributed by atoms with Gasteiger partial charge in [-0.15, -0.1) is 5.10 Å². The van der Waals surface area contributed by atoms with Gasteiger partial charge in [-0.2, -0.15) is 16.8 Å². The van der Waals surface area contributed by atoms with E-state index in [4.69, 9.17) is 32.8 Å². The Morgan fingerprint density at radius 2 is 1.55 bits per heavy atom. The Labute approximate surface area is 427 Å². The summed E-state index contributed by atoms with van der Waals surface area (Å²) in [5.74, 6) is -4.30. The van der Waals surface area contributed by atoms with E-state index in [1.807, 2.05) is 0 Å². The molecule has 2 aliphatic heterocycles. The van der Waals surface area contributed by atoms with E-state index in [-0.39, 0.29) is 56.0 Å². The van der Waals surface area contributed by atoms with Crippen LogP contribution in [0.5, 0.6) is 0 Å². The third kappa shape index (κ3) is 17.3. The van der Waals surface area contributed by atoms with Gasteiger partial charge >= 0.3 is 26.8 Å². The van der Waals surface area contributed by atoms with Crippen LogP contribution in [0.1, 0.15) is 102 Å². The molecule has 0 aromatic carbocycles. The standard InChI is InChI=1S/C43H71N5O24S2/c1-4-25-14-26(28(52)11-8-12-44-39(57)27-16-48(47-46-27)18-43(19-50,20-66-73(60,61)62)21-67-74(63,64)65)15-29(37(25)72-42-36(56)35(55)33(53)22(2)68-42)70-41-32(45-23(3)51)38(34(54)31(17-49)71-41)69-30(40(58)59)13-24-9-6-5-7-10-24/h16,22,24-26,29-38,41-42,49-50,53-56H,4-15,17-21H2,1-3H3,(H,44,57)(H,45,51)(H,58,59)(H,60,61,62)(H,63,64,65)/t22?,25?,26?,29-,30+,31+,32?,33-,34+,35+,36?,37-,38?,41-,42+/m1/s1. The molecule has 31 heteroatoms. The van der Waals surface area contributed by atoms with Gasteiger partial charge in [0.05, 0.1) is 62.9 Å². The van der Waals surface area contributed by atoms with Crippen molar-refractivity contribution in [3.63, 3.8) is 0 Å². The van der Waals surface area contributed by atoms with E-state index in [0.717, 1.165) is 43.0 Å². The highest BCUT2D eigenvalue weighted by Gasteiger charge is 2.53. The van der Waals surface area contributed by atoms with Crippen molar-refractivity contribution in [3.05, 3.63) is 11.9 Å². The highest BCUT2D eigenvalue weighted by Crippen LogP contribution is 2.40. The van der Waals surface area contributed by atoms with Gasteiger partial charge in [-0.25, -0.2) is 13.2 Å². The van der Waals surface area contributed by atoms with Crippen LogP contribution < -0.4 is 10.6 Å². The van der Waals surface area contributed by atoms with Crippen LogP contribution in [0.25, 0.3) is 0 Å². The Morgan fingerprint density at radius 3 is 2.14 bits per heavy atom. The Morgan fingerprint density at radius 1 is 0.892 bits per heavy atom. The molecule has 2 saturated heterocycles. The second-order valence-electron chi connectivity index (χ2n) is 19.6. The average molecular weight is 1110 g/mol. The number of carbonyl (C=O) groups is 4. The number of hydrogen-bond acceptors (Lipinski definition) is 23. The second-order valence-corrected chi connectivity index (χ2v) is 21.8. The number of carbonyl (C=O) groups excluding carboxylic acids is 3. The van der Waals surface area contributed by atoms with Gasteiger partial charge in [-0.1, -0.05) is 50.7 Å². The van der Waals surface area contributed by atoms with Gasteiger partial charge in [0, 0.05) is 25.8 Å². The molecule has 0 bridgehead atoms. The van der Waals surface area contributed by atoms with E-state index in [9.17, 15) is 71.8 Å². The summed E-state index contributed by atoms with van der Waals surface area (Å²) in [4.78, 5) is 52.6. The van der Waals surface area contributed by atoms with Gasteiger partial charge in [0.15, 0.2) is 24.4 Å². The number of ether oxygens (including phenoxy) is 5. The first kappa shape index (κ1) is 61.4. The first-order chi connectivity index (χ1) is 34.8. The number of hydrogen-bond donors (Lipinski definition) is 11. The third-order valence-electron chi connectivity index (χ3n) is 13.9. The molecule has 6 unspecified atom stereocenters.